The fourth-order valence-electron chi connectivity index (χ4n) is 3.13. The molecule has 0 unspecified atom stereocenters. The lowest BCUT2D eigenvalue weighted by atomic mass is 10.0. The molecular weight excluding hydrogens is 386 g/mol. The number of carboxylic acid groups (broad SMARTS) is 1. The van der Waals surface area contributed by atoms with Crippen molar-refractivity contribution in [2.75, 3.05) is 11.9 Å². The third-order valence-electron chi connectivity index (χ3n) is 4.71. The largest absolute Gasteiger partial charge is 0.494 e. The number of benzene rings is 2. The van der Waals surface area contributed by atoms with Gasteiger partial charge in [0, 0.05) is 11.1 Å². The van der Waals surface area contributed by atoms with Crippen LogP contribution in [0.1, 0.15) is 78.0 Å². The van der Waals surface area contributed by atoms with E-state index in [0.717, 1.165) is 12.8 Å². The van der Waals surface area contributed by atoms with Crippen molar-refractivity contribution in [3.8, 4) is 5.75 Å². The van der Waals surface area contributed by atoms with Crippen LogP contribution >= 0.6 is 0 Å². The lowest BCUT2D eigenvalue weighted by Crippen LogP contribution is -2.17. The molecule has 0 aromatic heterocycles. The molecule has 2 aromatic carbocycles. The molecular formula is C23H29NO6. The number of hydrogen-bond donors (Lipinski definition) is 4. The van der Waals surface area contributed by atoms with Crippen molar-refractivity contribution >= 4 is 17.6 Å². The van der Waals surface area contributed by atoms with E-state index in [1.807, 2.05) is 0 Å². The summed E-state index contributed by atoms with van der Waals surface area (Å²) in [6.07, 6.45) is 4.90. The Kier molecular flexibility index (Phi) is 9.31. The molecule has 0 aliphatic rings. The van der Waals surface area contributed by atoms with Crippen LogP contribution in [0.2, 0.25) is 0 Å². The molecule has 2 rings (SSSR count). The van der Waals surface area contributed by atoms with Crippen molar-refractivity contribution in [1.29, 1.82) is 0 Å². The summed E-state index contributed by atoms with van der Waals surface area (Å²) in [5.74, 6) is -1.26. The van der Waals surface area contributed by atoms with E-state index in [1.54, 1.807) is 24.3 Å². The number of carbonyl (C=O) groups excluding carboxylic acids is 1. The third kappa shape index (κ3) is 6.86. The van der Waals surface area contributed by atoms with Crippen molar-refractivity contribution < 1.29 is 29.6 Å². The summed E-state index contributed by atoms with van der Waals surface area (Å²) in [6, 6.07) is 10.7. The fourth-order valence-corrected chi connectivity index (χ4v) is 3.13. The average Bonchev–Trinajstić information content (AvgIpc) is 2.73. The van der Waals surface area contributed by atoms with Gasteiger partial charge in [0.1, 0.15) is 5.75 Å². The van der Waals surface area contributed by atoms with Gasteiger partial charge in [0.2, 0.25) is 0 Å². The highest BCUT2D eigenvalue weighted by Gasteiger charge is 2.21. The number of carboxylic acids is 1. The zero-order chi connectivity index (χ0) is 21.9. The van der Waals surface area contributed by atoms with Crippen molar-refractivity contribution in [3.63, 3.8) is 0 Å². The van der Waals surface area contributed by atoms with E-state index in [-0.39, 0.29) is 16.8 Å². The van der Waals surface area contributed by atoms with Gasteiger partial charge in [-0.05, 0) is 36.8 Å². The maximum absolute atomic E-state index is 12.6. The number of rotatable bonds is 12. The maximum Gasteiger partial charge on any atom is 0.336 e. The van der Waals surface area contributed by atoms with E-state index in [9.17, 15) is 24.9 Å². The molecule has 0 aliphatic heterocycles. The molecule has 0 bridgehead atoms. The molecule has 0 radical (unpaired) electrons. The molecule has 4 N–H and O–H groups in total. The van der Waals surface area contributed by atoms with Gasteiger partial charge < -0.3 is 25.4 Å². The number of hydrogen-bond acceptors (Lipinski definition) is 5. The molecule has 1 amide bonds. The number of aliphatic hydroxyl groups is 2. The van der Waals surface area contributed by atoms with Crippen LogP contribution in [0.3, 0.4) is 0 Å². The van der Waals surface area contributed by atoms with Crippen LogP contribution in [0.5, 0.6) is 5.75 Å². The highest BCUT2D eigenvalue weighted by molar-refractivity contribution is 6.05. The molecule has 2 aromatic rings. The van der Waals surface area contributed by atoms with Gasteiger partial charge in [-0.2, -0.15) is 0 Å². The molecule has 7 heteroatoms. The number of aliphatic hydroxyl groups excluding tert-OH is 1. The summed E-state index contributed by atoms with van der Waals surface area (Å²) < 4.78 is 5.73. The second-order valence-corrected chi connectivity index (χ2v) is 7.04. The zero-order valence-electron chi connectivity index (χ0n) is 17.1. The van der Waals surface area contributed by atoms with Crippen LogP contribution in [0, 0.1) is 0 Å². The minimum atomic E-state index is -2.04. The smallest absolute Gasteiger partial charge is 0.336 e. The second kappa shape index (κ2) is 11.9. The number of amides is 1. The average molecular weight is 415 g/mol. The number of ether oxygens (including phenoxy) is 1. The molecule has 30 heavy (non-hydrogen) atoms. The summed E-state index contributed by atoms with van der Waals surface area (Å²) in [4.78, 5) is 23.9. The summed E-state index contributed by atoms with van der Waals surface area (Å²) in [5, 5.41) is 30.9. The Bertz CT molecular complexity index is 849. The first-order chi connectivity index (χ1) is 14.4. The lowest BCUT2D eigenvalue weighted by Gasteiger charge is -2.15. The summed E-state index contributed by atoms with van der Waals surface area (Å²) in [5.41, 5.74) is -0.226. The van der Waals surface area contributed by atoms with Gasteiger partial charge in [-0.1, -0.05) is 51.2 Å². The molecule has 0 atom stereocenters. The molecule has 7 nitrogen and oxygen atoms in total. The summed E-state index contributed by atoms with van der Waals surface area (Å²) >= 11 is 0. The monoisotopic (exact) mass is 415 g/mol. The quantitative estimate of drug-likeness (QED) is 0.302. The van der Waals surface area contributed by atoms with E-state index in [2.05, 4.69) is 12.2 Å². The first-order valence-electron chi connectivity index (χ1n) is 10.2. The van der Waals surface area contributed by atoms with Crippen LogP contribution < -0.4 is 10.1 Å². The predicted octanol–water partition coefficient (Wildman–Crippen LogP) is 4.36. The fraction of sp³-hybridized carbons (Fsp3) is 0.391. The van der Waals surface area contributed by atoms with Crippen molar-refractivity contribution in [2.45, 2.75) is 51.7 Å². The van der Waals surface area contributed by atoms with Crippen molar-refractivity contribution in [1.82, 2.24) is 0 Å². The van der Waals surface area contributed by atoms with Gasteiger partial charge in [-0.3, -0.25) is 4.79 Å². The first-order valence-corrected chi connectivity index (χ1v) is 10.2. The number of nitrogens with one attached hydrogen (secondary N) is 1. The number of anilines is 1. The molecule has 0 heterocycles. The Hall–Kier alpha value is -2.90. The van der Waals surface area contributed by atoms with E-state index in [0.29, 0.717) is 17.9 Å². The molecule has 0 aliphatic carbocycles. The zero-order valence-corrected chi connectivity index (χ0v) is 17.1. The molecule has 162 valence electrons. The van der Waals surface area contributed by atoms with E-state index < -0.39 is 18.2 Å². The summed E-state index contributed by atoms with van der Waals surface area (Å²) in [6.45, 7) is 2.75. The number of aromatic carboxylic acids is 1. The SMILES string of the molecule is CCCCCCCCOc1cccc(C(=O)Nc2cccc(C(=O)O)c2C(O)O)c1. The molecule has 0 saturated carbocycles. The van der Waals surface area contributed by atoms with Crippen LogP contribution in [0.4, 0.5) is 5.69 Å². The standard InChI is InChI=1S/C23H29NO6/c1-2-3-4-5-6-7-14-30-17-11-8-10-16(15-17)21(25)24-19-13-9-12-18(22(26)27)20(19)23(28)29/h8-13,15,23,28-29H,2-7,14H2,1H3,(H,24,25)(H,26,27). The van der Waals surface area contributed by atoms with E-state index in [4.69, 9.17) is 4.74 Å². The number of carbonyl (C=O) groups is 2. The van der Waals surface area contributed by atoms with Gasteiger partial charge >= 0.3 is 5.97 Å². The van der Waals surface area contributed by atoms with Gasteiger partial charge in [0.05, 0.1) is 17.9 Å². The van der Waals surface area contributed by atoms with Crippen LogP contribution in [0.25, 0.3) is 0 Å². The first kappa shape index (κ1) is 23.4. The third-order valence-corrected chi connectivity index (χ3v) is 4.71. The predicted molar refractivity (Wildman–Crippen MR) is 114 cm³/mol. The van der Waals surface area contributed by atoms with E-state index >= 15 is 0 Å². The van der Waals surface area contributed by atoms with E-state index in [1.165, 1.54) is 43.9 Å². The second-order valence-electron chi connectivity index (χ2n) is 7.04. The topological polar surface area (TPSA) is 116 Å². The number of unbranched alkanes of at least 4 members (excludes halogenated alkanes) is 5. The van der Waals surface area contributed by atoms with Gasteiger partial charge in [0.15, 0.2) is 6.29 Å². The van der Waals surface area contributed by atoms with Gasteiger partial charge in [-0.25, -0.2) is 4.79 Å². The Balaban J connectivity index is 2.01. The van der Waals surface area contributed by atoms with Crippen LogP contribution in [-0.4, -0.2) is 33.8 Å². The summed E-state index contributed by atoms with van der Waals surface area (Å²) in [7, 11) is 0. The Morgan fingerprint density at radius 3 is 2.40 bits per heavy atom. The lowest BCUT2D eigenvalue weighted by molar-refractivity contribution is -0.0426. The van der Waals surface area contributed by atoms with Crippen LogP contribution in [-0.2, 0) is 0 Å². The van der Waals surface area contributed by atoms with Crippen LogP contribution in [0.15, 0.2) is 42.5 Å². The normalized spacial score (nSPS) is 10.8. The Morgan fingerprint density at radius 1 is 1.00 bits per heavy atom. The Morgan fingerprint density at radius 2 is 1.70 bits per heavy atom. The minimum Gasteiger partial charge on any atom is -0.494 e. The maximum atomic E-state index is 12.6. The molecule has 0 spiro atoms. The highest BCUT2D eigenvalue weighted by atomic mass is 16.5. The van der Waals surface area contributed by atoms with Gasteiger partial charge in [-0.15, -0.1) is 0 Å². The van der Waals surface area contributed by atoms with Crippen molar-refractivity contribution in [2.24, 2.45) is 0 Å². The molecule has 0 fully saturated rings. The van der Waals surface area contributed by atoms with Crippen molar-refractivity contribution in [3.05, 3.63) is 59.2 Å². The van der Waals surface area contributed by atoms with Gasteiger partial charge in [0.25, 0.3) is 5.91 Å². The Labute approximate surface area is 176 Å². The minimum absolute atomic E-state index is 0.0216. The molecule has 0 saturated heterocycles. The highest BCUT2D eigenvalue weighted by Crippen LogP contribution is 2.26.